The van der Waals surface area contributed by atoms with Crippen LogP contribution in [0.4, 0.5) is 5.13 Å². The quantitative estimate of drug-likeness (QED) is 0.813. The number of halogens is 1. The van der Waals surface area contributed by atoms with Gasteiger partial charge in [0, 0.05) is 31.3 Å². The molecule has 124 valence electrons. The first-order valence-electron chi connectivity index (χ1n) is 7.93. The summed E-state index contributed by atoms with van der Waals surface area (Å²) in [7, 11) is 0. The van der Waals surface area contributed by atoms with Crippen LogP contribution in [-0.2, 0) is 5.41 Å². The molecular weight excluding hydrogens is 330 g/mol. The highest BCUT2D eigenvalue weighted by atomic mass is 35.5. The number of hydrogen-bond donors (Lipinski definition) is 0. The normalized spacial score (nSPS) is 16.6. The molecule has 0 amide bonds. The number of ether oxygens (including phenoxy) is 1. The van der Waals surface area contributed by atoms with E-state index in [-0.39, 0.29) is 11.5 Å². The topological polar surface area (TPSA) is 38.2 Å². The molecule has 0 N–H and O–H groups in total. The summed E-state index contributed by atoms with van der Waals surface area (Å²) in [6, 6.07) is 7.65. The molecule has 23 heavy (non-hydrogen) atoms. The second-order valence-corrected chi connectivity index (χ2v) is 8.24. The number of aromatic nitrogens is 2. The van der Waals surface area contributed by atoms with E-state index < -0.39 is 0 Å². The van der Waals surface area contributed by atoms with E-state index in [1.54, 1.807) is 11.3 Å². The van der Waals surface area contributed by atoms with Gasteiger partial charge in [-0.2, -0.15) is 0 Å². The average molecular weight is 352 g/mol. The summed E-state index contributed by atoms with van der Waals surface area (Å²) in [5, 5.41) is 11.5. The molecule has 4 nitrogen and oxygen atoms in total. The minimum absolute atomic E-state index is 0.0570. The summed E-state index contributed by atoms with van der Waals surface area (Å²) >= 11 is 7.86. The Kier molecular flexibility index (Phi) is 4.78. The Morgan fingerprint density at radius 3 is 2.48 bits per heavy atom. The van der Waals surface area contributed by atoms with Gasteiger partial charge in [0.15, 0.2) is 0 Å². The van der Waals surface area contributed by atoms with E-state index in [0.717, 1.165) is 41.8 Å². The van der Waals surface area contributed by atoms with Gasteiger partial charge in [-0.25, -0.2) is 0 Å². The average Bonchev–Trinajstić information content (AvgIpc) is 3.00. The molecule has 2 aromatic rings. The molecule has 1 aromatic carbocycles. The largest absolute Gasteiger partial charge is 0.489 e. The number of rotatable bonds is 3. The minimum atomic E-state index is 0.0570. The number of benzene rings is 1. The van der Waals surface area contributed by atoms with E-state index in [4.69, 9.17) is 16.3 Å². The number of para-hydroxylation sites is 1. The molecule has 6 heteroatoms. The number of piperidine rings is 1. The van der Waals surface area contributed by atoms with E-state index >= 15 is 0 Å². The number of hydrogen-bond acceptors (Lipinski definition) is 5. The molecule has 1 fully saturated rings. The van der Waals surface area contributed by atoms with Crippen LogP contribution in [0.5, 0.6) is 5.75 Å². The third-order valence-electron chi connectivity index (χ3n) is 3.90. The summed E-state index contributed by atoms with van der Waals surface area (Å²) in [4.78, 5) is 2.30. The van der Waals surface area contributed by atoms with Crippen LogP contribution in [0.3, 0.4) is 0 Å². The van der Waals surface area contributed by atoms with E-state index in [9.17, 15) is 0 Å². The fourth-order valence-electron chi connectivity index (χ4n) is 2.53. The van der Waals surface area contributed by atoms with E-state index in [0.29, 0.717) is 5.02 Å². The van der Waals surface area contributed by atoms with Gasteiger partial charge in [-0.05, 0) is 12.1 Å². The smallest absolute Gasteiger partial charge is 0.208 e. The van der Waals surface area contributed by atoms with Gasteiger partial charge in [0.05, 0.1) is 5.02 Å². The van der Waals surface area contributed by atoms with Gasteiger partial charge in [0.25, 0.3) is 0 Å². The Morgan fingerprint density at radius 1 is 1.17 bits per heavy atom. The summed E-state index contributed by atoms with van der Waals surface area (Å²) < 4.78 is 6.04. The molecule has 0 bridgehead atoms. The van der Waals surface area contributed by atoms with E-state index in [1.807, 2.05) is 24.3 Å². The Labute approximate surface area is 146 Å². The van der Waals surface area contributed by atoms with Crippen molar-refractivity contribution in [1.82, 2.24) is 10.2 Å². The van der Waals surface area contributed by atoms with Crippen molar-refractivity contribution in [3.05, 3.63) is 34.3 Å². The van der Waals surface area contributed by atoms with Crippen LogP contribution in [-0.4, -0.2) is 29.4 Å². The van der Waals surface area contributed by atoms with Gasteiger partial charge >= 0.3 is 0 Å². The van der Waals surface area contributed by atoms with Crippen molar-refractivity contribution < 1.29 is 4.74 Å². The maximum absolute atomic E-state index is 6.16. The molecule has 0 atom stereocenters. The Morgan fingerprint density at radius 2 is 1.87 bits per heavy atom. The first-order chi connectivity index (χ1) is 10.9. The van der Waals surface area contributed by atoms with Crippen molar-refractivity contribution in [3.8, 4) is 5.75 Å². The van der Waals surface area contributed by atoms with Crippen molar-refractivity contribution in [2.24, 2.45) is 0 Å². The van der Waals surface area contributed by atoms with E-state index in [2.05, 4.69) is 35.9 Å². The molecule has 0 unspecified atom stereocenters. The van der Waals surface area contributed by atoms with Crippen molar-refractivity contribution in [2.45, 2.75) is 45.1 Å². The molecule has 0 radical (unpaired) electrons. The van der Waals surface area contributed by atoms with Crippen molar-refractivity contribution in [3.63, 3.8) is 0 Å². The molecule has 1 aliphatic heterocycles. The van der Waals surface area contributed by atoms with Gasteiger partial charge in [-0.15, -0.1) is 10.2 Å². The lowest BCUT2D eigenvalue weighted by molar-refractivity contribution is 0.171. The Hall–Kier alpha value is -1.33. The second kappa shape index (κ2) is 6.65. The zero-order valence-electron chi connectivity index (χ0n) is 13.8. The van der Waals surface area contributed by atoms with Crippen LogP contribution in [0.25, 0.3) is 0 Å². The molecule has 3 rings (SSSR count). The summed E-state index contributed by atoms with van der Waals surface area (Å²) in [6.07, 6.45) is 2.15. The lowest BCUT2D eigenvalue weighted by Gasteiger charge is -2.31. The SMILES string of the molecule is CC(C)(C)c1nnc(N2CCC(Oc3ccccc3Cl)CC2)s1. The van der Waals surface area contributed by atoms with Crippen molar-refractivity contribution in [2.75, 3.05) is 18.0 Å². The maximum atomic E-state index is 6.16. The zero-order valence-corrected chi connectivity index (χ0v) is 15.3. The third-order valence-corrected chi connectivity index (χ3v) is 5.62. The predicted octanol–water partition coefficient (Wildman–Crippen LogP) is 4.54. The first-order valence-corrected chi connectivity index (χ1v) is 9.13. The highest BCUT2D eigenvalue weighted by molar-refractivity contribution is 7.15. The molecular formula is C17H22ClN3OS. The molecule has 1 aliphatic rings. The Balaban J connectivity index is 1.58. The molecule has 1 saturated heterocycles. The first kappa shape index (κ1) is 16.5. The highest BCUT2D eigenvalue weighted by Gasteiger charge is 2.26. The summed E-state index contributed by atoms with van der Waals surface area (Å²) in [6.45, 7) is 8.38. The van der Waals surface area contributed by atoms with Gasteiger partial charge in [-0.3, -0.25) is 0 Å². The monoisotopic (exact) mass is 351 g/mol. The third kappa shape index (κ3) is 3.96. The van der Waals surface area contributed by atoms with Gasteiger partial charge in [-0.1, -0.05) is 55.8 Å². The standard InChI is InChI=1S/C17H22ClN3OS/c1-17(2,3)15-19-20-16(23-15)21-10-8-12(9-11-21)22-14-7-5-4-6-13(14)18/h4-7,12H,8-11H2,1-3H3. The molecule has 1 aromatic heterocycles. The van der Waals surface area contributed by atoms with Crippen LogP contribution in [0.1, 0.15) is 38.6 Å². The number of anilines is 1. The summed E-state index contributed by atoms with van der Waals surface area (Å²) in [5.41, 5.74) is 0.0570. The second-order valence-electron chi connectivity index (χ2n) is 6.87. The zero-order chi connectivity index (χ0) is 16.4. The molecule has 0 spiro atoms. The van der Waals surface area contributed by atoms with E-state index in [1.165, 1.54) is 0 Å². The molecule has 2 heterocycles. The summed E-state index contributed by atoms with van der Waals surface area (Å²) in [5.74, 6) is 0.776. The minimum Gasteiger partial charge on any atom is -0.489 e. The van der Waals surface area contributed by atoms with Gasteiger partial charge in [0.1, 0.15) is 16.9 Å². The van der Waals surface area contributed by atoms with Crippen molar-refractivity contribution >= 4 is 28.1 Å². The fourth-order valence-corrected chi connectivity index (χ4v) is 3.67. The Bertz CT molecular complexity index is 660. The highest BCUT2D eigenvalue weighted by Crippen LogP contribution is 2.32. The molecule has 0 saturated carbocycles. The lowest BCUT2D eigenvalue weighted by Crippen LogP contribution is -2.38. The van der Waals surface area contributed by atoms with Gasteiger partial charge in [0.2, 0.25) is 5.13 Å². The number of nitrogens with zero attached hydrogens (tertiary/aromatic N) is 3. The fraction of sp³-hybridized carbons (Fsp3) is 0.529. The lowest BCUT2D eigenvalue weighted by atomic mass is 9.98. The van der Waals surface area contributed by atoms with Crippen LogP contribution >= 0.6 is 22.9 Å². The van der Waals surface area contributed by atoms with Crippen LogP contribution < -0.4 is 9.64 Å². The molecule has 0 aliphatic carbocycles. The predicted molar refractivity (Wildman–Crippen MR) is 95.9 cm³/mol. The van der Waals surface area contributed by atoms with Crippen LogP contribution in [0, 0.1) is 0 Å². The van der Waals surface area contributed by atoms with Crippen molar-refractivity contribution in [1.29, 1.82) is 0 Å². The maximum Gasteiger partial charge on any atom is 0.208 e. The van der Waals surface area contributed by atoms with Crippen LogP contribution in [0.15, 0.2) is 24.3 Å². The van der Waals surface area contributed by atoms with Gasteiger partial charge < -0.3 is 9.64 Å². The van der Waals surface area contributed by atoms with Crippen LogP contribution in [0.2, 0.25) is 5.02 Å².